The number of benzene rings is 1. The van der Waals surface area contributed by atoms with Gasteiger partial charge in [0.25, 0.3) is 0 Å². The minimum Gasteiger partial charge on any atom is -0.487 e. The summed E-state index contributed by atoms with van der Waals surface area (Å²) in [5.74, 6) is -0.625. The second-order valence-electron chi connectivity index (χ2n) is 3.50. The molecule has 0 unspecified atom stereocenters. The Hall–Kier alpha value is -1.69. The van der Waals surface area contributed by atoms with Gasteiger partial charge < -0.3 is 9.84 Å². The number of nitro groups is 1. The quantitative estimate of drug-likeness (QED) is 0.453. The van der Waals surface area contributed by atoms with Crippen LogP contribution in [0.5, 0.6) is 5.75 Å². The van der Waals surface area contributed by atoms with E-state index in [9.17, 15) is 14.5 Å². The van der Waals surface area contributed by atoms with Crippen LogP contribution < -0.4 is 4.74 Å². The summed E-state index contributed by atoms with van der Waals surface area (Å²) < 4.78 is 18.1. The van der Waals surface area contributed by atoms with E-state index in [1.54, 1.807) is 0 Å². The third-order valence-electron chi connectivity index (χ3n) is 2.18. The minimum absolute atomic E-state index is 0.0565. The normalized spacial score (nSPS) is 10.2. The fourth-order valence-corrected chi connectivity index (χ4v) is 1.33. The molecule has 1 rings (SSSR count). The summed E-state index contributed by atoms with van der Waals surface area (Å²) in [5.41, 5.74) is -0.242. The van der Waals surface area contributed by atoms with Crippen molar-refractivity contribution in [1.29, 1.82) is 0 Å². The summed E-state index contributed by atoms with van der Waals surface area (Å²) in [7, 11) is 0. The van der Waals surface area contributed by atoms with Crippen LogP contribution in [0.1, 0.15) is 19.3 Å². The molecule has 0 spiro atoms. The minimum atomic E-state index is -0.609. The molecule has 6 heteroatoms. The Labute approximate surface area is 98.0 Å². The summed E-state index contributed by atoms with van der Waals surface area (Å²) >= 11 is 0. The molecule has 0 aliphatic carbocycles. The van der Waals surface area contributed by atoms with Crippen LogP contribution in [0.4, 0.5) is 10.1 Å². The van der Waals surface area contributed by atoms with Crippen LogP contribution in [0.25, 0.3) is 0 Å². The number of aliphatic hydroxyl groups is 1. The molecule has 17 heavy (non-hydrogen) atoms. The topological polar surface area (TPSA) is 72.6 Å². The van der Waals surface area contributed by atoms with Crippen LogP contribution in [0.3, 0.4) is 0 Å². The Kier molecular flexibility index (Phi) is 5.35. The molecule has 0 aromatic heterocycles. The molecule has 5 nitrogen and oxygen atoms in total. The van der Waals surface area contributed by atoms with Gasteiger partial charge in [-0.05, 0) is 25.3 Å². The highest BCUT2D eigenvalue weighted by atomic mass is 19.1. The van der Waals surface area contributed by atoms with Gasteiger partial charge in [0, 0.05) is 18.7 Å². The molecule has 0 heterocycles. The number of hydrogen-bond donors (Lipinski definition) is 1. The second kappa shape index (κ2) is 6.80. The van der Waals surface area contributed by atoms with Gasteiger partial charge in [-0.1, -0.05) is 0 Å². The van der Waals surface area contributed by atoms with Gasteiger partial charge in [-0.3, -0.25) is 10.1 Å². The number of nitro benzene ring substituents is 1. The summed E-state index contributed by atoms with van der Waals surface area (Å²) in [4.78, 5) is 10.0. The fourth-order valence-electron chi connectivity index (χ4n) is 1.33. The van der Waals surface area contributed by atoms with Crippen LogP contribution in [-0.2, 0) is 0 Å². The van der Waals surface area contributed by atoms with Crippen molar-refractivity contribution in [2.24, 2.45) is 0 Å². The lowest BCUT2D eigenvalue weighted by Gasteiger charge is -2.06. The third-order valence-corrected chi connectivity index (χ3v) is 2.18. The molecule has 0 atom stereocenters. The molecule has 0 aliphatic rings. The Morgan fingerprint density at radius 1 is 1.35 bits per heavy atom. The lowest BCUT2D eigenvalue weighted by atomic mass is 10.2. The van der Waals surface area contributed by atoms with E-state index in [1.807, 2.05) is 0 Å². The maximum atomic E-state index is 12.9. The van der Waals surface area contributed by atoms with Gasteiger partial charge in [0.15, 0.2) is 5.75 Å². The number of nitrogens with zero attached hydrogens (tertiary/aromatic N) is 1. The zero-order valence-corrected chi connectivity index (χ0v) is 9.26. The number of rotatable bonds is 7. The Balaban J connectivity index is 2.56. The van der Waals surface area contributed by atoms with Crippen molar-refractivity contribution < 1.29 is 19.2 Å². The van der Waals surface area contributed by atoms with Gasteiger partial charge in [0.1, 0.15) is 5.82 Å². The van der Waals surface area contributed by atoms with Gasteiger partial charge in [-0.25, -0.2) is 4.39 Å². The van der Waals surface area contributed by atoms with Crippen molar-refractivity contribution >= 4 is 5.69 Å². The van der Waals surface area contributed by atoms with E-state index in [4.69, 9.17) is 9.84 Å². The number of hydrogen-bond acceptors (Lipinski definition) is 4. The van der Waals surface area contributed by atoms with Gasteiger partial charge in [0.2, 0.25) is 0 Å². The second-order valence-corrected chi connectivity index (χ2v) is 3.50. The van der Waals surface area contributed by atoms with Gasteiger partial charge >= 0.3 is 5.69 Å². The van der Waals surface area contributed by atoms with Crippen molar-refractivity contribution in [2.45, 2.75) is 19.3 Å². The first-order chi connectivity index (χ1) is 8.15. The predicted molar refractivity (Wildman–Crippen MR) is 59.5 cm³/mol. The molecule has 1 aromatic rings. The monoisotopic (exact) mass is 243 g/mol. The fraction of sp³-hybridized carbons (Fsp3) is 0.455. The average Bonchev–Trinajstić information content (AvgIpc) is 2.28. The van der Waals surface area contributed by atoms with E-state index in [1.165, 1.54) is 0 Å². The first kappa shape index (κ1) is 13.4. The first-order valence-electron chi connectivity index (χ1n) is 5.32. The summed E-state index contributed by atoms with van der Waals surface area (Å²) in [6.45, 7) is 0.379. The number of unbranched alkanes of at least 4 members (excludes halogenated alkanes) is 2. The van der Waals surface area contributed by atoms with Crippen LogP contribution in [0.2, 0.25) is 0 Å². The summed E-state index contributed by atoms with van der Waals surface area (Å²) in [6.07, 6.45) is 2.09. The molecule has 0 bridgehead atoms. The van der Waals surface area contributed by atoms with E-state index in [0.717, 1.165) is 24.6 Å². The van der Waals surface area contributed by atoms with Crippen LogP contribution in [0, 0.1) is 15.9 Å². The SMILES string of the molecule is O=[N+]([O-])c1ccc(F)cc1OCCCCCO. The Morgan fingerprint density at radius 3 is 2.76 bits per heavy atom. The van der Waals surface area contributed by atoms with E-state index in [0.29, 0.717) is 12.8 Å². The lowest BCUT2D eigenvalue weighted by Crippen LogP contribution is -2.01. The molecule has 0 saturated carbocycles. The molecule has 1 N–H and O–H groups in total. The average molecular weight is 243 g/mol. The van der Waals surface area contributed by atoms with Gasteiger partial charge in [-0.2, -0.15) is 0 Å². The van der Waals surface area contributed by atoms with E-state index in [2.05, 4.69) is 0 Å². The molecule has 0 fully saturated rings. The summed E-state index contributed by atoms with van der Waals surface area (Å²) in [5, 5.41) is 19.2. The number of aliphatic hydroxyl groups excluding tert-OH is 1. The van der Waals surface area contributed by atoms with Crippen molar-refractivity contribution in [2.75, 3.05) is 13.2 Å². The molecule has 0 radical (unpaired) electrons. The first-order valence-corrected chi connectivity index (χ1v) is 5.32. The van der Waals surface area contributed by atoms with Crippen molar-refractivity contribution in [1.82, 2.24) is 0 Å². The lowest BCUT2D eigenvalue weighted by molar-refractivity contribution is -0.385. The van der Waals surface area contributed by atoms with E-state index in [-0.39, 0.29) is 24.7 Å². The smallest absolute Gasteiger partial charge is 0.311 e. The van der Waals surface area contributed by atoms with Gasteiger partial charge in [-0.15, -0.1) is 0 Å². The molecule has 1 aromatic carbocycles. The van der Waals surface area contributed by atoms with Crippen molar-refractivity contribution in [3.05, 3.63) is 34.1 Å². The summed E-state index contributed by atoms with van der Waals surface area (Å²) in [6, 6.07) is 3.11. The van der Waals surface area contributed by atoms with Crippen LogP contribution in [-0.4, -0.2) is 23.2 Å². The highest BCUT2D eigenvalue weighted by Crippen LogP contribution is 2.27. The maximum Gasteiger partial charge on any atom is 0.311 e. The third kappa shape index (κ3) is 4.36. The largest absolute Gasteiger partial charge is 0.487 e. The highest BCUT2D eigenvalue weighted by molar-refractivity contribution is 5.46. The molecule has 0 saturated heterocycles. The number of halogens is 1. The van der Waals surface area contributed by atoms with Crippen LogP contribution in [0.15, 0.2) is 18.2 Å². The Bertz CT molecular complexity index is 384. The van der Waals surface area contributed by atoms with E-state index >= 15 is 0 Å². The molecule has 0 aliphatic heterocycles. The standard InChI is InChI=1S/C11H14FNO4/c12-9-4-5-10(13(15)16)11(8-9)17-7-3-1-2-6-14/h4-5,8,14H,1-3,6-7H2. The molecule has 0 amide bonds. The van der Waals surface area contributed by atoms with Crippen LogP contribution >= 0.6 is 0 Å². The zero-order chi connectivity index (χ0) is 12.7. The Morgan fingerprint density at radius 2 is 2.12 bits per heavy atom. The van der Waals surface area contributed by atoms with Crippen molar-refractivity contribution in [3.8, 4) is 5.75 Å². The molecular weight excluding hydrogens is 229 g/mol. The number of ether oxygens (including phenoxy) is 1. The highest BCUT2D eigenvalue weighted by Gasteiger charge is 2.15. The van der Waals surface area contributed by atoms with Gasteiger partial charge in [0.05, 0.1) is 11.5 Å². The van der Waals surface area contributed by atoms with Crippen molar-refractivity contribution in [3.63, 3.8) is 0 Å². The zero-order valence-electron chi connectivity index (χ0n) is 9.26. The van der Waals surface area contributed by atoms with E-state index < -0.39 is 10.7 Å². The maximum absolute atomic E-state index is 12.9. The molecular formula is C11H14FNO4. The molecule has 94 valence electrons. The predicted octanol–water partition coefficient (Wildman–Crippen LogP) is 2.28.